The molecule has 0 saturated carbocycles. The van der Waals surface area contributed by atoms with E-state index < -0.39 is 0 Å². The Morgan fingerprint density at radius 1 is 1.24 bits per heavy atom. The minimum absolute atomic E-state index is 0.00666. The van der Waals surface area contributed by atoms with Crippen molar-refractivity contribution in [3.63, 3.8) is 0 Å². The molecule has 1 saturated heterocycles. The van der Waals surface area contributed by atoms with Gasteiger partial charge in [0.05, 0.1) is 23.4 Å². The molecule has 1 amide bonds. The summed E-state index contributed by atoms with van der Waals surface area (Å²) in [5.74, 6) is 0.894. The van der Waals surface area contributed by atoms with Crippen LogP contribution < -0.4 is 9.64 Å². The summed E-state index contributed by atoms with van der Waals surface area (Å²) in [4.78, 5) is 24.0. The minimum Gasteiger partial charge on any atom is -0.475 e. The number of anilines is 1. The van der Waals surface area contributed by atoms with E-state index in [1.807, 2.05) is 20.9 Å². The molecule has 152 valence electrons. The van der Waals surface area contributed by atoms with E-state index in [1.165, 1.54) is 18.5 Å². The van der Waals surface area contributed by atoms with Gasteiger partial charge in [0.15, 0.2) is 0 Å². The van der Waals surface area contributed by atoms with Crippen LogP contribution in [-0.4, -0.2) is 56.8 Å². The van der Waals surface area contributed by atoms with E-state index >= 15 is 0 Å². The summed E-state index contributed by atoms with van der Waals surface area (Å²) in [6, 6.07) is 6.06. The second kappa shape index (κ2) is 7.65. The molecule has 29 heavy (non-hydrogen) atoms. The lowest BCUT2D eigenvalue weighted by atomic mass is 10.0. The zero-order chi connectivity index (χ0) is 20.5. The molecule has 0 bridgehead atoms. The molecule has 3 aromatic rings. The first-order chi connectivity index (χ1) is 14.0. The molecule has 2 aromatic heterocycles. The number of amides is 1. The number of aryl methyl sites for hydroxylation is 1. The predicted octanol–water partition coefficient (Wildman–Crippen LogP) is 2.31. The van der Waals surface area contributed by atoms with Gasteiger partial charge in [0.2, 0.25) is 12.3 Å². The van der Waals surface area contributed by atoms with E-state index in [-0.39, 0.29) is 18.0 Å². The molecule has 1 aromatic carbocycles. The highest BCUT2D eigenvalue weighted by molar-refractivity contribution is 5.83. The van der Waals surface area contributed by atoms with E-state index in [2.05, 4.69) is 20.0 Å². The van der Waals surface area contributed by atoms with Crippen LogP contribution in [0.2, 0.25) is 0 Å². The second-order valence-corrected chi connectivity index (χ2v) is 7.36. The molecule has 1 fully saturated rings. The van der Waals surface area contributed by atoms with Crippen LogP contribution in [0.3, 0.4) is 0 Å². The van der Waals surface area contributed by atoms with Crippen LogP contribution in [0.4, 0.5) is 10.2 Å². The molecule has 8 nitrogen and oxygen atoms in total. The Morgan fingerprint density at radius 3 is 2.83 bits per heavy atom. The second-order valence-electron chi connectivity index (χ2n) is 7.36. The van der Waals surface area contributed by atoms with E-state index in [0.717, 1.165) is 17.7 Å². The van der Waals surface area contributed by atoms with Crippen molar-refractivity contribution in [3.8, 4) is 5.88 Å². The van der Waals surface area contributed by atoms with Gasteiger partial charge in [0, 0.05) is 38.1 Å². The largest absolute Gasteiger partial charge is 0.475 e. The highest BCUT2D eigenvalue weighted by Gasteiger charge is 2.32. The fourth-order valence-electron chi connectivity index (χ4n) is 3.69. The van der Waals surface area contributed by atoms with Crippen molar-refractivity contribution in [1.29, 1.82) is 0 Å². The smallest absolute Gasteiger partial charge is 0.218 e. The van der Waals surface area contributed by atoms with Crippen LogP contribution in [0.1, 0.15) is 25.6 Å². The predicted molar refractivity (Wildman–Crippen MR) is 106 cm³/mol. The average molecular weight is 398 g/mol. The highest BCUT2D eigenvalue weighted by atomic mass is 19.1. The Bertz CT molecular complexity index is 1040. The number of carbonyl (C=O) groups excluding carboxylic acids is 1. The SMILES string of the molecule is CC(C)Oc1cc(N2CCN(C=O)C(c3nn(C)c4ccc(F)cc34)C2)ncn1. The van der Waals surface area contributed by atoms with Crippen molar-refractivity contribution < 1.29 is 13.9 Å². The normalized spacial score (nSPS) is 17.2. The summed E-state index contributed by atoms with van der Waals surface area (Å²) in [7, 11) is 1.82. The van der Waals surface area contributed by atoms with E-state index in [0.29, 0.717) is 36.6 Å². The maximum atomic E-state index is 13.9. The van der Waals surface area contributed by atoms with Crippen LogP contribution in [0, 0.1) is 5.82 Å². The lowest BCUT2D eigenvalue weighted by molar-refractivity contribution is -0.120. The topological polar surface area (TPSA) is 76.4 Å². The van der Waals surface area contributed by atoms with Gasteiger partial charge >= 0.3 is 0 Å². The van der Waals surface area contributed by atoms with Crippen molar-refractivity contribution in [2.24, 2.45) is 7.05 Å². The summed E-state index contributed by atoms with van der Waals surface area (Å²) in [6.45, 7) is 5.48. The molecular formula is C20H23FN6O2. The number of piperazine rings is 1. The first kappa shape index (κ1) is 19.1. The molecule has 9 heteroatoms. The van der Waals surface area contributed by atoms with E-state index in [1.54, 1.807) is 21.7 Å². The molecular weight excluding hydrogens is 375 g/mol. The number of nitrogens with zero attached hydrogens (tertiary/aromatic N) is 6. The van der Waals surface area contributed by atoms with Crippen LogP contribution in [0.15, 0.2) is 30.6 Å². The molecule has 4 rings (SSSR count). The van der Waals surface area contributed by atoms with Gasteiger partial charge in [-0.1, -0.05) is 0 Å². The third kappa shape index (κ3) is 3.72. The molecule has 1 atom stereocenters. The molecule has 3 heterocycles. The summed E-state index contributed by atoms with van der Waals surface area (Å²) in [5.41, 5.74) is 1.49. The number of rotatable bonds is 5. The quantitative estimate of drug-likeness (QED) is 0.614. The van der Waals surface area contributed by atoms with Crippen molar-refractivity contribution in [1.82, 2.24) is 24.6 Å². The van der Waals surface area contributed by atoms with E-state index in [4.69, 9.17) is 4.74 Å². The highest BCUT2D eigenvalue weighted by Crippen LogP contribution is 2.32. The Morgan fingerprint density at radius 2 is 2.07 bits per heavy atom. The van der Waals surface area contributed by atoms with Gasteiger partial charge in [-0.3, -0.25) is 9.48 Å². The number of hydrogen-bond acceptors (Lipinski definition) is 6. The molecule has 1 aliphatic heterocycles. The van der Waals surface area contributed by atoms with Crippen molar-refractivity contribution in [3.05, 3.63) is 42.1 Å². The molecule has 0 spiro atoms. The summed E-state index contributed by atoms with van der Waals surface area (Å²) in [6.07, 6.45) is 2.31. The number of halogens is 1. The Hall–Kier alpha value is -3.23. The van der Waals surface area contributed by atoms with Crippen molar-refractivity contribution >= 4 is 23.1 Å². The fraction of sp³-hybridized carbons (Fsp3) is 0.400. The number of benzene rings is 1. The molecule has 0 radical (unpaired) electrons. The first-order valence-electron chi connectivity index (χ1n) is 9.53. The standard InChI is InChI=1S/C20H23FN6O2/c1-13(2)29-19-9-18(22-11-23-19)26-6-7-27(12-28)17(10-26)20-15-8-14(21)4-5-16(15)25(3)24-20/h4-5,8-9,11-13,17H,6-7,10H2,1-3H3. The molecule has 1 aliphatic rings. The van der Waals surface area contributed by atoms with E-state index in [9.17, 15) is 9.18 Å². The lowest BCUT2D eigenvalue weighted by Gasteiger charge is -2.39. The van der Waals surface area contributed by atoms with Gasteiger partial charge in [-0.2, -0.15) is 5.10 Å². The van der Waals surface area contributed by atoms with Crippen molar-refractivity contribution in [2.75, 3.05) is 24.5 Å². The number of aromatic nitrogens is 4. The average Bonchev–Trinajstić information content (AvgIpc) is 3.02. The Balaban J connectivity index is 1.69. The van der Waals surface area contributed by atoms with Gasteiger partial charge < -0.3 is 14.5 Å². The van der Waals surface area contributed by atoms with Gasteiger partial charge in [0.25, 0.3) is 0 Å². The Kier molecular flexibility index (Phi) is 5.04. The Labute approximate surface area is 167 Å². The summed E-state index contributed by atoms with van der Waals surface area (Å²) in [5, 5.41) is 5.31. The van der Waals surface area contributed by atoms with Gasteiger partial charge in [-0.15, -0.1) is 0 Å². The zero-order valence-corrected chi connectivity index (χ0v) is 16.6. The monoisotopic (exact) mass is 398 g/mol. The van der Waals surface area contributed by atoms with Crippen LogP contribution in [-0.2, 0) is 11.8 Å². The molecule has 0 N–H and O–H groups in total. The maximum Gasteiger partial charge on any atom is 0.218 e. The van der Waals surface area contributed by atoms with Gasteiger partial charge in [-0.05, 0) is 32.0 Å². The lowest BCUT2D eigenvalue weighted by Crippen LogP contribution is -2.48. The first-order valence-corrected chi connectivity index (χ1v) is 9.53. The van der Waals surface area contributed by atoms with Gasteiger partial charge in [-0.25, -0.2) is 14.4 Å². The number of carbonyl (C=O) groups is 1. The summed E-state index contributed by atoms with van der Waals surface area (Å²) < 4.78 is 21.3. The third-order valence-corrected chi connectivity index (χ3v) is 5.02. The van der Waals surface area contributed by atoms with Crippen LogP contribution in [0.5, 0.6) is 5.88 Å². The van der Waals surface area contributed by atoms with Crippen molar-refractivity contribution in [2.45, 2.75) is 26.0 Å². The maximum absolute atomic E-state index is 13.9. The number of hydrogen-bond donors (Lipinski definition) is 0. The fourth-order valence-corrected chi connectivity index (χ4v) is 3.69. The molecule has 0 aliphatic carbocycles. The minimum atomic E-state index is -0.330. The van der Waals surface area contributed by atoms with Crippen LogP contribution in [0.25, 0.3) is 10.9 Å². The van der Waals surface area contributed by atoms with Crippen LogP contribution >= 0.6 is 0 Å². The molecule has 1 unspecified atom stereocenters. The van der Waals surface area contributed by atoms with Gasteiger partial charge in [0.1, 0.15) is 18.0 Å². The zero-order valence-electron chi connectivity index (χ0n) is 16.6. The number of ether oxygens (including phenoxy) is 1. The number of fused-ring (bicyclic) bond motifs is 1. The summed E-state index contributed by atoms with van der Waals surface area (Å²) >= 11 is 0. The third-order valence-electron chi connectivity index (χ3n) is 5.02.